The summed E-state index contributed by atoms with van der Waals surface area (Å²) in [6.45, 7) is 0.0302. The summed E-state index contributed by atoms with van der Waals surface area (Å²) < 4.78 is 1.56. The Balaban J connectivity index is 1.80. The number of nitriles is 1. The highest BCUT2D eigenvalue weighted by Crippen LogP contribution is 2.37. The predicted molar refractivity (Wildman–Crippen MR) is 90.5 cm³/mol. The Morgan fingerprint density at radius 1 is 1.48 bits per heavy atom. The molecule has 0 radical (unpaired) electrons. The van der Waals surface area contributed by atoms with Gasteiger partial charge in [-0.05, 0) is 37.5 Å². The number of nitrogen functional groups attached to an aromatic ring is 1. The van der Waals surface area contributed by atoms with Crippen molar-refractivity contribution in [3.05, 3.63) is 16.0 Å². The number of rotatable bonds is 4. The van der Waals surface area contributed by atoms with Crippen LogP contribution in [0.3, 0.4) is 0 Å². The summed E-state index contributed by atoms with van der Waals surface area (Å²) in [5, 5.41) is 21.2. The molecule has 0 aromatic carbocycles. The molecule has 23 heavy (non-hydrogen) atoms. The lowest BCUT2D eigenvalue weighted by Crippen LogP contribution is -2.20. The molecule has 1 aliphatic carbocycles. The number of nitrogens with one attached hydrogen (secondary N) is 1. The maximum absolute atomic E-state index is 12.3. The van der Waals surface area contributed by atoms with E-state index in [1.165, 1.54) is 28.0 Å². The summed E-state index contributed by atoms with van der Waals surface area (Å²) in [4.78, 5) is 13.5. The molecule has 0 saturated carbocycles. The van der Waals surface area contributed by atoms with Crippen molar-refractivity contribution in [2.75, 3.05) is 17.3 Å². The van der Waals surface area contributed by atoms with Crippen molar-refractivity contribution >= 4 is 40.0 Å². The van der Waals surface area contributed by atoms with Crippen LogP contribution in [0.2, 0.25) is 0 Å². The van der Waals surface area contributed by atoms with E-state index in [0.717, 1.165) is 31.2 Å². The van der Waals surface area contributed by atoms with Crippen molar-refractivity contribution < 1.29 is 4.79 Å². The van der Waals surface area contributed by atoms with E-state index in [9.17, 15) is 10.1 Å². The number of nitrogens with two attached hydrogens (primary N) is 1. The molecule has 0 bridgehead atoms. The first-order valence-corrected chi connectivity index (χ1v) is 9.25. The van der Waals surface area contributed by atoms with Gasteiger partial charge in [-0.3, -0.25) is 9.36 Å². The molecule has 9 heteroatoms. The number of thioether (sulfide) groups is 1. The van der Waals surface area contributed by atoms with Crippen LogP contribution < -0.4 is 11.1 Å². The highest BCUT2D eigenvalue weighted by Gasteiger charge is 2.22. The number of fused-ring (bicyclic) bond motifs is 1. The summed E-state index contributed by atoms with van der Waals surface area (Å²) in [6, 6.07) is 2.24. The number of aryl methyl sites for hydroxylation is 1. The maximum atomic E-state index is 12.3. The van der Waals surface area contributed by atoms with Gasteiger partial charge >= 0.3 is 0 Å². The van der Waals surface area contributed by atoms with Gasteiger partial charge in [0.15, 0.2) is 5.16 Å². The van der Waals surface area contributed by atoms with Gasteiger partial charge in [0, 0.05) is 4.88 Å². The largest absolute Gasteiger partial charge is 0.368 e. The van der Waals surface area contributed by atoms with Gasteiger partial charge in [-0.25, -0.2) is 0 Å². The molecule has 0 atom stereocenters. The second-order valence-electron chi connectivity index (χ2n) is 5.21. The molecule has 2 heterocycles. The Labute approximate surface area is 141 Å². The SMILES string of the molecule is CSc1nnc(N)n1CC(=O)Nc1sc2c(c1C#N)CCCC2. The third kappa shape index (κ3) is 3.04. The molecule has 2 aromatic heterocycles. The van der Waals surface area contributed by atoms with Crippen LogP contribution >= 0.6 is 23.1 Å². The zero-order valence-electron chi connectivity index (χ0n) is 12.6. The minimum Gasteiger partial charge on any atom is -0.368 e. The topological polar surface area (TPSA) is 110 Å². The fraction of sp³-hybridized carbons (Fsp3) is 0.429. The minimum absolute atomic E-state index is 0.0302. The summed E-state index contributed by atoms with van der Waals surface area (Å²) in [5.41, 5.74) is 7.46. The zero-order chi connectivity index (χ0) is 16.4. The van der Waals surface area contributed by atoms with Crippen molar-refractivity contribution in [2.24, 2.45) is 0 Å². The van der Waals surface area contributed by atoms with Gasteiger partial charge < -0.3 is 11.1 Å². The van der Waals surface area contributed by atoms with E-state index in [4.69, 9.17) is 5.73 Å². The van der Waals surface area contributed by atoms with Gasteiger partial charge in [0.05, 0.1) is 5.56 Å². The van der Waals surface area contributed by atoms with Gasteiger partial charge in [0.25, 0.3) is 0 Å². The Hall–Kier alpha value is -2.05. The number of thiophene rings is 1. The van der Waals surface area contributed by atoms with Crippen LogP contribution in [0.5, 0.6) is 0 Å². The second-order valence-corrected chi connectivity index (χ2v) is 7.08. The summed E-state index contributed by atoms with van der Waals surface area (Å²) in [6.07, 6.45) is 5.98. The Kier molecular flexibility index (Phi) is 4.54. The second kappa shape index (κ2) is 6.60. The van der Waals surface area contributed by atoms with E-state index < -0.39 is 0 Å². The van der Waals surface area contributed by atoms with Crippen molar-refractivity contribution in [2.45, 2.75) is 37.4 Å². The molecule has 3 rings (SSSR count). The van der Waals surface area contributed by atoms with E-state index in [-0.39, 0.29) is 18.4 Å². The molecule has 3 N–H and O–H groups in total. The zero-order valence-corrected chi connectivity index (χ0v) is 14.3. The smallest absolute Gasteiger partial charge is 0.245 e. The third-order valence-corrected chi connectivity index (χ3v) is 5.64. The number of anilines is 2. The highest BCUT2D eigenvalue weighted by atomic mass is 32.2. The lowest BCUT2D eigenvalue weighted by atomic mass is 9.96. The summed E-state index contributed by atoms with van der Waals surface area (Å²) in [7, 11) is 0. The first kappa shape index (κ1) is 15.8. The van der Waals surface area contributed by atoms with Gasteiger partial charge in [-0.2, -0.15) is 5.26 Å². The Bertz CT molecular complexity index is 788. The van der Waals surface area contributed by atoms with Crippen LogP contribution in [0.1, 0.15) is 28.8 Å². The van der Waals surface area contributed by atoms with Crippen LogP contribution in [0.4, 0.5) is 10.9 Å². The molecule has 0 fully saturated rings. The lowest BCUT2D eigenvalue weighted by Gasteiger charge is -2.09. The predicted octanol–water partition coefficient (Wildman–Crippen LogP) is 2.03. The van der Waals surface area contributed by atoms with E-state index in [2.05, 4.69) is 21.6 Å². The fourth-order valence-electron chi connectivity index (χ4n) is 2.68. The van der Waals surface area contributed by atoms with E-state index >= 15 is 0 Å². The van der Waals surface area contributed by atoms with Gasteiger partial charge in [0.1, 0.15) is 17.6 Å². The molecular weight excluding hydrogens is 332 g/mol. The molecule has 1 aliphatic rings. The third-order valence-electron chi connectivity index (χ3n) is 3.77. The lowest BCUT2D eigenvalue weighted by molar-refractivity contribution is -0.116. The molecular formula is C14H16N6OS2. The van der Waals surface area contributed by atoms with Crippen molar-refractivity contribution in [1.29, 1.82) is 5.26 Å². The van der Waals surface area contributed by atoms with Crippen molar-refractivity contribution in [1.82, 2.24) is 14.8 Å². The number of carbonyl (C=O) groups is 1. The quantitative estimate of drug-likeness (QED) is 0.818. The van der Waals surface area contributed by atoms with Crippen molar-refractivity contribution in [3.63, 3.8) is 0 Å². The Morgan fingerprint density at radius 3 is 3.00 bits per heavy atom. The fourth-order valence-corrected chi connectivity index (χ4v) is 4.44. The molecule has 7 nitrogen and oxygen atoms in total. The normalized spacial score (nSPS) is 13.4. The minimum atomic E-state index is -0.234. The number of nitrogens with zero attached hydrogens (tertiary/aromatic N) is 4. The average molecular weight is 348 g/mol. The molecule has 0 spiro atoms. The van der Waals surface area contributed by atoms with E-state index in [1.54, 1.807) is 4.57 Å². The highest BCUT2D eigenvalue weighted by molar-refractivity contribution is 7.98. The van der Waals surface area contributed by atoms with E-state index in [0.29, 0.717) is 15.7 Å². The molecule has 120 valence electrons. The van der Waals surface area contributed by atoms with Crippen LogP contribution in [-0.4, -0.2) is 26.9 Å². The average Bonchev–Trinajstić information content (AvgIpc) is 3.07. The summed E-state index contributed by atoms with van der Waals surface area (Å²) >= 11 is 2.88. The number of hydrogen-bond donors (Lipinski definition) is 2. The Morgan fingerprint density at radius 2 is 2.26 bits per heavy atom. The molecule has 2 aromatic rings. The monoisotopic (exact) mass is 348 g/mol. The first-order valence-electron chi connectivity index (χ1n) is 7.21. The van der Waals surface area contributed by atoms with Crippen LogP contribution in [0.25, 0.3) is 0 Å². The summed E-state index contributed by atoms with van der Waals surface area (Å²) in [5.74, 6) is -0.0302. The number of amides is 1. The van der Waals surface area contributed by atoms with Gasteiger partial charge in [-0.15, -0.1) is 21.5 Å². The van der Waals surface area contributed by atoms with Gasteiger partial charge in [0.2, 0.25) is 11.9 Å². The van der Waals surface area contributed by atoms with E-state index in [1.807, 2.05) is 6.26 Å². The molecule has 0 saturated heterocycles. The number of hydrogen-bond acceptors (Lipinski definition) is 7. The maximum Gasteiger partial charge on any atom is 0.245 e. The van der Waals surface area contributed by atoms with Crippen LogP contribution in [-0.2, 0) is 24.2 Å². The van der Waals surface area contributed by atoms with Crippen LogP contribution in [0, 0.1) is 11.3 Å². The molecule has 0 unspecified atom stereocenters. The number of carbonyl (C=O) groups excluding carboxylic acids is 1. The number of aromatic nitrogens is 3. The molecule has 1 amide bonds. The van der Waals surface area contributed by atoms with Gasteiger partial charge in [-0.1, -0.05) is 11.8 Å². The van der Waals surface area contributed by atoms with Crippen molar-refractivity contribution in [3.8, 4) is 6.07 Å². The van der Waals surface area contributed by atoms with Crippen LogP contribution in [0.15, 0.2) is 5.16 Å². The molecule has 0 aliphatic heterocycles. The standard InChI is InChI=1S/C14H16N6OS2/c1-22-14-19-18-13(16)20(14)7-11(21)17-12-9(6-15)8-4-2-3-5-10(8)23-12/h2-5,7H2,1H3,(H2,16,18)(H,17,21). The first-order chi connectivity index (χ1) is 11.1.